The number of nitrogens with zero attached hydrogens (tertiary/aromatic N) is 5. The molecule has 4 aromatic rings. The molecule has 1 aliphatic rings. The molecule has 46 heavy (non-hydrogen) atoms. The van der Waals surface area contributed by atoms with Gasteiger partial charge >= 0.3 is 12.4 Å². The minimum Gasteiger partial charge on any atom is -0.406 e. The highest BCUT2D eigenvalue weighted by atomic mass is 32.2. The van der Waals surface area contributed by atoms with Crippen LogP contribution in [0.15, 0.2) is 78.0 Å². The van der Waals surface area contributed by atoms with Crippen molar-refractivity contribution in [1.29, 1.82) is 0 Å². The smallest absolute Gasteiger partial charge is 0.406 e. The second kappa shape index (κ2) is 14.0. The van der Waals surface area contributed by atoms with E-state index < -0.39 is 6.36 Å². The van der Waals surface area contributed by atoms with E-state index in [1.807, 2.05) is 24.3 Å². The van der Waals surface area contributed by atoms with Gasteiger partial charge in [0.25, 0.3) is 0 Å². The highest BCUT2D eigenvalue weighted by molar-refractivity contribution is 8.14. The highest BCUT2D eigenvalue weighted by Gasteiger charge is 2.31. The predicted molar refractivity (Wildman–Crippen MR) is 177 cm³/mol. The molecule has 3 aromatic carbocycles. The van der Waals surface area contributed by atoms with E-state index in [0.717, 1.165) is 53.5 Å². The molecule has 1 fully saturated rings. The number of hydrogen-bond donors (Lipinski definition) is 1. The van der Waals surface area contributed by atoms with Crippen LogP contribution in [0.3, 0.4) is 0 Å². The molecule has 5 rings (SSSR count). The Labute approximate surface area is 271 Å². The summed E-state index contributed by atoms with van der Waals surface area (Å²) in [7, 11) is 0. The van der Waals surface area contributed by atoms with Gasteiger partial charge in [-0.15, -0.1) is 18.3 Å². The van der Waals surface area contributed by atoms with Crippen molar-refractivity contribution in [2.75, 3.05) is 23.7 Å². The number of halogens is 3. The molecular weight excluding hydrogens is 613 g/mol. The van der Waals surface area contributed by atoms with Crippen LogP contribution in [0.1, 0.15) is 43.9 Å². The Morgan fingerprint density at radius 1 is 1.07 bits per heavy atom. The van der Waals surface area contributed by atoms with E-state index in [9.17, 15) is 18.0 Å². The largest absolute Gasteiger partial charge is 0.573 e. The van der Waals surface area contributed by atoms with Gasteiger partial charge in [-0.1, -0.05) is 75.4 Å². The number of alkyl halides is 3. The molecule has 0 radical (unpaired) electrons. The van der Waals surface area contributed by atoms with E-state index in [1.165, 1.54) is 46.4 Å². The molecule has 1 N–H and O–H groups in total. The van der Waals surface area contributed by atoms with Gasteiger partial charge in [-0.25, -0.2) is 14.5 Å². The standard InChI is InChI=1S/C34H37F3N6O2S/c1-5-6-25-10-7-23(2)19-29(25)42-17-18-46-32(42)40-31(44)38-21-33(3,4)20-24-8-11-26(12-9-24)30-39-22-43(41-30)27-13-15-28(16-14-27)45-34(35,36)37/h7-16,19,22H,5-6,17-18,20-21H2,1-4H3,(H,38,44)/b40-32-. The van der Waals surface area contributed by atoms with Crippen molar-refractivity contribution in [3.05, 3.63) is 89.7 Å². The van der Waals surface area contributed by atoms with E-state index in [2.05, 4.69) is 75.9 Å². The number of benzene rings is 3. The number of amides is 2. The number of rotatable bonds is 10. The number of carbonyl (C=O) groups excluding carboxylic acids is 1. The summed E-state index contributed by atoms with van der Waals surface area (Å²) >= 11 is 1.61. The van der Waals surface area contributed by atoms with Crippen LogP contribution >= 0.6 is 11.8 Å². The third-order valence-electron chi connectivity index (χ3n) is 7.46. The molecule has 12 heteroatoms. The van der Waals surface area contributed by atoms with Crippen LogP contribution in [0.2, 0.25) is 0 Å². The molecule has 0 aliphatic carbocycles. The van der Waals surface area contributed by atoms with Crippen LogP contribution in [0.25, 0.3) is 17.1 Å². The van der Waals surface area contributed by atoms with Gasteiger partial charge in [0.2, 0.25) is 0 Å². The minimum atomic E-state index is -4.75. The summed E-state index contributed by atoms with van der Waals surface area (Å²) in [4.78, 5) is 23.9. The molecule has 1 aromatic heterocycles. The van der Waals surface area contributed by atoms with Gasteiger partial charge < -0.3 is 15.0 Å². The first-order valence-electron chi connectivity index (χ1n) is 15.1. The maximum Gasteiger partial charge on any atom is 0.573 e. The fourth-order valence-electron chi connectivity index (χ4n) is 5.27. The topological polar surface area (TPSA) is 84.6 Å². The number of aryl methyl sites for hydroxylation is 2. The second-order valence-electron chi connectivity index (χ2n) is 12.0. The first-order valence-corrected chi connectivity index (χ1v) is 16.1. The van der Waals surface area contributed by atoms with E-state index >= 15 is 0 Å². The first-order chi connectivity index (χ1) is 21.9. The average molecular weight is 651 g/mol. The van der Waals surface area contributed by atoms with Crippen LogP contribution in [-0.4, -0.2) is 51.2 Å². The molecule has 2 heterocycles. The molecule has 0 saturated carbocycles. The lowest BCUT2D eigenvalue weighted by Crippen LogP contribution is -2.35. The molecule has 1 saturated heterocycles. The quantitative estimate of drug-likeness (QED) is 0.187. The van der Waals surface area contributed by atoms with Gasteiger partial charge in [-0.05, 0) is 72.2 Å². The first kappa shape index (κ1) is 33.1. The molecule has 2 amide bonds. The summed E-state index contributed by atoms with van der Waals surface area (Å²) < 4.78 is 42.7. The molecular formula is C34H37F3N6O2S. The molecule has 1 aliphatic heterocycles. The van der Waals surface area contributed by atoms with Gasteiger partial charge in [0, 0.05) is 30.1 Å². The van der Waals surface area contributed by atoms with Crippen LogP contribution < -0.4 is 15.0 Å². The van der Waals surface area contributed by atoms with E-state index in [4.69, 9.17) is 0 Å². The van der Waals surface area contributed by atoms with E-state index in [-0.39, 0.29) is 17.2 Å². The van der Waals surface area contributed by atoms with Crippen molar-refractivity contribution in [3.63, 3.8) is 0 Å². The number of hydrogen-bond acceptors (Lipinski definition) is 5. The van der Waals surface area contributed by atoms with Crippen molar-refractivity contribution in [1.82, 2.24) is 20.1 Å². The Morgan fingerprint density at radius 3 is 2.50 bits per heavy atom. The van der Waals surface area contributed by atoms with Gasteiger partial charge in [-0.2, -0.15) is 4.99 Å². The van der Waals surface area contributed by atoms with Crippen molar-refractivity contribution < 1.29 is 22.7 Å². The summed E-state index contributed by atoms with van der Waals surface area (Å²) in [5, 5.41) is 8.21. The lowest BCUT2D eigenvalue weighted by Gasteiger charge is -2.25. The maximum atomic E-state index is 12.9. The summed E-state index contributed by atoms with van der Waals surface area (Å²) in [6.07, 6.45) is -0.487. The molecule has 0 spiro atoms. The Bertz CT molecular complexity index is 1680. The number of aliphatic imine (C=N–C) groups is 1. The zero-order valence-electron chi connectivity index (χ0n) is 26.3. The molecule has 0 unspecified atom stereocenters. The molecule has 0 atom stereocenters. The highest BCUT2D eigenvalue weighted by Crippen LogP contribution is 2.31. The Morgan fingerprint density at radius 2 is 1.80 bits per heavy atom. The number of ether oxygens (including phenoxy) is 1. The fourth-order valence-corrected chi connectivity index (χ4v) is 6.22. The summed E-state index contributed by atoms with van der Waals surface area (Å²) in [5.74, 6) is 1.07. The monoisotopic (exact) mass is 650 g/mol. The van der Waals surface area contributed by atoms with Gasteiger partial charge in [0.15, 0.2) is 11.0 Å². The van der Waals surface area contributed by atoms with E-state index in [1.54, 1.807) is 11.8 Å². The summed E-state index contributed by atoms with van der Waals surface area (Å²) in [5.41, 5.74) is 5.81. The normalized spacial score (nSPS) is 14.6. The summed E-state index contributed by atoms with van der Waals surface area (Å²) in [6.45, 7) is 9.73. The van der Waals surface area contributed by atoms with Crippen LogP contribution in [0.5, 0.6) is 5.75 Å². The third-order valence-corrected chi connectivity index (χ3v) is 8.42. The lowest BCUT2D eigenvalue weighted by atomic mass is 9.85. The predicted octanol–water partition coefficient (Wildman–Crippen LogP) is 7.98. The minimum absolute atomic E-state index is 0.230. The van der Waals surface area contributed by atoms with Crippen molar-refractivity contribution in [3.8, 4) is 22.8 Å². The van der Waals surface area contributed by atoms with Gasteiger partial charge in [0.05, 0.1) is 5.69 Å². The van der Waals surface area contributed by atoms with Crippen molar-refractivity contribution in [2.45, 2.75) is 53.3 Å². The molecule has 242 valence electrons. The van der Waals surface area contributed by atoms with E-state index in [0.29, 0.717) is 18.1 Å². The molecule has 0 bridgehead atoms. The zero-order valence-corrected chi connectivity index (χ0v) is 27.1. The SMILES string of the molecule is CCCc1ccc(C)cc1N1CCS/C1=N\C(=O)NCC(C)(C)Cc1ccc(-c2ncn(-c3ccc(OC(F)(F)F)cc3)n2)cc1. The summed E-state index contributed by atoms with van der Waals surface area (Å²) in [6, 6.07) is 19.4. The number of anilines is 1. The Balaban J connectivity index is 1.17. The Hall–Kier alpha value is -4.32. The van der Waals surface area contributed by atoms with Gasteiger partial charge in [-0.3, -0.25) is 0 Å². The number of nitrogens with one attached hydrogen (secondary N) is 1. The van der Waals surface area contributed by atoms with Crippen LogP contribution in [0.4, 0.5) is 23.7 Å². The lowest BCUT2D eigenvalue weighted by molar-refractivity contribution is -0.274. The zero-order chi connectivity index (χ0) is 32.9. The second-order valence-corrected chi connectivity index (χ2v) is 13.1. The van der Waals surface area contributed by atoms with Crippen molar-refractivity contribution in [2.24, 2.45) is 10.4 Å². The van der Waals surface area contributed by atoms with Gasteiger partial charge in [0.1, 0.15) is 12.1 Å². The number of carbonyl (C=O) groups is 1. The van der Waals surface area contributed by atoms with Crippen molar-refractivity contribution >= 4 is 28.6 Å². The molecule has 8 nitrogen and oxygen atoms in total. The third kappa shape index (κ3) is 8.68. The number of aromatic nitrogens is 3. The Kier molecular flexibility index (Phi) is 10.0. The number of thioether (sulfide) groups is 1. The fraction of sp³-hybridized carbons (Fsp3) is 0.353. The average Bonchev–Trinajstić information content (AvgIpc) is 3.67. The van der Waals surface area contributed by atoms with Crippen LogP contribution in [-0.2, 0) is 12.8 Å². The van der Waals surface area contributed by atoms with Crippen LogP contribution in [0, 0.1) is 12.3 Å². The maximum absolute atomic E-state index is 12.9. The number of amidine groups is 1. The number of urea groups is 1.